The SMILES string of the molecule is CC[C@H](C)c1ccc2c(c1)[C@@H]1c3ccccc3[C@@H]2[C@@H]2C(=O)N(c3ccccc3Cl)C(=O)[C@H]12. The zero-order valence-corrected chi connectivity index (χ0v) is 18.8. The quantitative estimate of drug-likeness (QED) is 0.450. The number of hydrogen-bond donors (Lipinski definition) is 0. The predicted molar refractivity (Wildman–Crippen MR) is 126 cm³/mol. The standard InChI is InChI=1S/C28H24ClNO2/c1-3-15(2)16-12-13-19-20(14-16)24-18-9-5-4-8-17(18)23(19)25-26(24)28(32)30(27(25)31)22-11-7-6-10-21(22)29/h4-15,23-26H,3H2,1-2H3/t15-,23-,24-,25-,26+/m0/s1. The molecule has 7 rings (SSSR count). The van der Waals surface area contributed by atoms with E-state index in [1.807, 2.05) is 24.3 Å². The molecule has 0 radical (unpaired) electrons. The van der Waals surface area contributed by atoms with Gasteiger partial charge in [0.2, 0.25) is 11.8 Å². The highest BCUT2D eigenvalue weighted by atomic mass is 35.5. The molecule has 0 aromatic heterocycles. The van der Waals surface area contributed by atoms with Crippen LogP contribution in [0.5, 0.6) is 0 Å². The van der Waals surface area contributed by atoms with Crippen molar-refractivity contribution in [3.8, 4) is 0 Å². The van der Waals surface area contributed by atoms with Gasteiger partial charge in [0.05, 0.1) is 22.5 Å². The Hall–Kier alpha value is -2.91. The normalized spacial score (nSPS) is 26.0. The molecule has 4 heteroatoms. The van der Waals surface area contributed by atoms with Gasteiger partial charge in [-0.2, -0.15) is 0 Å². The van der Waals surface area contributed by atoms with Crippen molar-refractivity contribution in [1.29, 1.82) is 0 Å². The zero-order valence-electron chi connectivity index (χ0n) is 18.1. The van der Waals surface area contributed by atoms with Gasteiger partial charge in [-0.1, -0.05) is 80.0 Å². The smallest absolute Gasteiger partial charge is 0.238 e. The minimum Gasteiger partial charge on any atom is -0.274 e. The first kappa shape index (κ1) is 19.8. The van der Waals surface area contributed by atoms with Gasteiger partial charge in [0.15, 0.2) is 0 Å². The number of nitrogens with zero attached hydrogens (tertiary/aromatic N) is 1. The van der Waals surface area contributed by atoms with E-state index in [-0.39, 0.29) is 29.6 Å². The Balaban J connectivity index is 1.56. The van der Waals surface area contributed by atoms with Crippen LogP contribution in [-0.2, 0) is 9.59 Å². The third-order valence-electron chi connectivity index (χ3n) is 7.84. The van der Waals surface area contributed by atoms with Crippen LogP contribution in [0.25, 0.3) is 0 Å². The van der Waals surface area contributed by atoms with Crippen LogP contribution in [0.1, 0.15) is 65.8 Å². The third kappa shape index (κ3) is 2.49. The van der Waals surface area contributed by atoms with E-state index in [0.717, 1.165) is 6.42 Å². The molecule has 3 aromatic carbocycles. The number of halogens is 1. The molecule has 0 N–H and O–H groups in total. The summed E-state index contributed by atoms with van der Waals surface area (Å²) in [5.74, 6) is -0.798. The second-order valence-corrected chi connectivity index (χ2v) is 9.70. The molecule has 3 aliphatic carbocycles. The van der Waals surface area contributed by atoms with Crippen molar-refractivity contribution in [3.05, 3.63) is 99.6 Å². The summed E-state index contributed by atoms with van der Waals surface area (Å²) in [5, 5.41) is 0.425. The van der Waals surface area contributed by atoms with Crippen LogP contribution in [0.4, 0.5) is 5.69 Å². The Morgan fingerprint density at radius 2 is 1.38 bits per heavy atom. The van der Waals surface area contributed by atoms with Crippen molar-refractivity contribution in [1.82, 2.24) is 0 Å². The molecule has 2 bridgehead atoms. The number of amides is 2. The summed E-state index contributed by atoms with van der Waals surface area (Å²) in [6.45, 7) is 4.44. The van der Waals surface area contributed by atoms with Crippen molar-refractivity contribution in [2.75, 3.05) is 4.90 Å². The highest BCUT2D eigenvalue weighted by molar-refractivity contribution is 6.36. The maximum absolute atomic E-state index is 13.8. The molecule has 4 aliphatic rings. The topological polar surface area (TPSA) is 37.4 Å². The number of anilines is 1. The van der Waals surface area contributed by atoms with Crippen LogP contribution in [0, 0.1) is 11.8 Å². The summed E-state index contributed by atoms with van der Waals surface area (Å²) in [7, 11) is 0. The van der Waals surface area contributed by atoms with E-state index in [0.29, 0.717) is 16.6 Å². The van der Waals surface area contributed by atoms with E-state index in [2.05, 4.69) is 44.2 Å². The van der Waals surface area contributed by atoms with Gasteiger partial charge < -0.3 is 0 Å². The van der Waals surface area contributed by atoms with E-state index in [9.17, 15) is 9.59 Å². The van der Waals surface area contributed by atoms with Gasteiger partial charge in [0, 0.05) is 11.8 Å². The average Bonchev–Trinajstić information content (AvgIpc) is 3.09. The Bertz CT molecular complexity index is 1280. The minimum absolute atomic E-state index is 0.105. The van der Waals surface area contributed by atoms with Gasteiger partial charge >= 0.3 is 0 Å². The molecule has 5 atom stereocenters. The maximum atomic E-state index is 13.8. The second kappa shape index (κ2) is 7.05. The van der Waals surface area contributed by atoms with Gasteiger partial charge in [0.1, 0.15) is 0 Å². The van der Waals surface area contributed by atoms with Gasteiger partial charge in [-0.05, 0) is 52.3 Å². The summed E-state index contributed by atoms with van der Waals surface area (Å²) in [6, 6.07) is 22.2. The summed E-state index contributed by atoms with van der Waals surface area (Å²) in [4.78, 5) is 29.0. The first-order valence-corrected chi connectivity index (χ1v) is 11.8. The monoisotopic (exact) mass is 441 g/mol. The minimum atomic E-state index is -0.390. The molecule has 1 aliphatic heterocycles. The highest BCUT2D eigenvalue weighted by Crippen LogP contribution is 2.61. The largest absolute Gasteiger partial charge is 0.274 e. The number of benzene rings is 3. The van der Waals surface area contributed by atoms with E-state index in [1.54, 1.807) is 12.1 Å². The molecular formula is C28H24ClNO2. The summed E-state index contributed by atoms with van der Waals surface area (Å²) in [6.07, 6.45) is 1.06. The molecule has 0 saturated carbocycles. The number of hydrogen-bond acceptors (Lipinski definition) is 2. The molecule has 1 fully saturated rings. The van der Waals surface area contributed by atoms with Gasteiger partial charge in [-0.25, -0.2) is 4.90 Å². The van der Waals surface area contributed by atoms with Crippen LogP contribution in [0.3, 0.4) is 0 Å². The van der Waals surface area contributed by atoms with Gasteiger partial charge in [-0.15, -0.1) is 0 Å². The Morgan fingerprint density at radius 3 is 2.00 bits per heavy atom. The number of para-hydroxylation sites is 1. The summed E-state index contributed by atoms with van der Waals surface area (Å²) >= 11 is 6.42. The number of rotatable bonds is 3. The number of carbonyl (C=O) groups excluding carboxylic acids is 2. The Labute approximate surface area is 193 Å². The molecule has 0 spiro atoms. The molecule has 1 heterocycles. The molecule has 3 nitrogen and oxygen atoms in total. The highest BCUT2D eigenvalue weighted by Gasteiger charge is 2.62. The Kier molecular flexibility index (Phi) is 4.35. The van der Waals surface area contributed by atoms with Gasteiger partial charge in [-0.3, -0.25) is 9.59 Å². The fourth-order valence-electron chi connectivity index (χ4n) is 6.16. The lowest BCUT2D eigenvalue weighted by Crippen LogP contribution is -2.41. The van der Waals surface area contributed by atoms with Crippen molar-refractivity contribution < 1.29 is 9.59 Å². The lowest BCUT2D eigenvalue weighted by molar-refractivity contribution is -0.122. The number of carbonyl (C=O) groups is 2. The lowest BCUT2D eigenvalue weighted by atomic mass is 9.54. The molecule has 3 aromatic rings. The zero-order chi connectivity index (χ0) is 22.1. The molecule has 2 amide bonds. The van der Waals surface area contributed by atoms with Crippen LogP contribution in [-0.4, -0.2) is 11.8 Å². The second-order valence-electron chi connectivity index (χ2n) is 9.30. The van der Waals surface area contributed by atoms with Crippen LogP contribution >= 0.6 is 11.6 Å². The first-order valence-electron chi connectivity index (χ1n) is 11.4. The van der Waals surface area contributed by atoms with Crippen LogP contribution in [0.2, 0.25) is 5.02 Å². The maximum Gasteiger partial charge on any atom is 0.238 e. The fourth-order valence-corrected chi connectivity index (χ4v) is 6.38. The van der Waals surface area contributed by atoms with E-state index >= 15 is 0 Å². The summed E-state index contributed by atoms with van der Waals surface area (Å²) in [5.41, 5.74) is 6.58. The summed E-state index contributed by atoms with van der Waals surface area (Å²) < 4.78 is 0. The predicted octanol–water partition coefficient (Wildman–Crippen LogP) is 6.25. The van der Waals surface area contributed by atoms with Crippen molar-refractivity contribution in [3.63, 3.8) is 0 Å². The first-order chi connectivity index (χ1) is 15.5. The van der Waals surface area contributed by atoms with E-state index in [4.69, 9.17) is 11.6 Å². The van der Waals surface area contributed by atoms with E-state index < -0.39 is 5.92 Å². The molecule has 1 saturated heterocycles. The molecular weight excluding hydrogens is 418 g/mol. The van der Waals surface area contributed by atoms with Gasteiger partial charge in [0.25, 0.3) is 0 Å². The van der Waals surface area contributed by atoms with Crippen molar-refractivity contribution in [2.45, 2.75) is 38.0 Å². The van der Waals surface area contributed by atoms with Crippen LogP contribution in [0.15, 0.2) is 66.7 Å². The molecule has 160 valence electrons. The number of imide groups is 1. The average molecular weight is 442 g/mol. The Morgan fingerprint density at radius 1 is 0.812 bits per heavy atom. The lowest BCUT2D eigenvalue weighted by Gasteiger charge is -2.46. The molecule has 0 unspecified atom stereocenters. The molecule has 32 heavy (non-hydrogen) atoms. The van der Waals surface area contributed by atoms with Crippen molar-refractivity contribution >= 4 is 29.1 Å². The fraction of sp³-hybridized carbons (Fsp3) is 0.286. The van der Waals surface area contributed by atoms with E-state index in [1.165, 1.54) is 32.7 Å². The van der Waals surface area contributed by atoms with Crippen molar-refractivity contribution in [2.24, 2.45) is 11.8 Å². The van der Waals surface area contributed by atoms with Crippen LogP contribution < -0.4 is 4.90 Å². The third-order valence-corrected chi connectivity index (χ3v) is 8.16.